The summed E-state index contributed by atoms with van der Waals surface area (Å²) in [6.07, 6.45) is 0. The average Bonchev–Trinajstić information content (AvgIpc) is 2.01. The van der Waals surface area contributed by atoms with Gasteiger partial charge in [0, 0.05) is 20.4 Å². The average molecular weight is 297 g/mol. The fourth-order valence-corrected chi connectivity index (χ4v) is 2.29. The van der Waals surface area contributed by atoms with E-state index in [1.807, 2.05) is 19.9 Å². The van der Waals surface area contributed by atoms with Crippen molar-refractivity contribution in [2.75, 3.05) is 4.72 Å². The Morgan fingerprint density at radius 3 is 2.57 bits per heavy atom. The molecule has 0 aliphatic carbocycles. The van der Waals surface area contributed by atoms with Crippen LogP contribution in [0, 0.1) is 0 Å². The molecule has 2 nitrogen and oxygen atoms in total. The van der Waals surface area contributed by atoms with E-state index in [1.54, 1.807) is 12.1 Å². The fraction of sp³-hybridized carbons (Fsp3) is 0.333. The first-order valence-corrected chi connectivity index (χ1v) is 6.51. The number of halogens is 2. The van der Waals surface area contributed by atoms with Gasteiger partial charge in [-0.3, -0.25) is 0 Å². The van der Waals surface area contributed by atoms with E-state index in [0.29, 0.717) is 5.02 Å². The highest BCUT2D eigenvalue weighted by Gasteiger charge is 2.05. The van der Waals surface area contributed by atoms with Crippen molar-refractivity contribution in [1.29, 1.82) is 0 Å². The minimum atomic E-state index is -1.07. The maximum Gasteiger partial charge on any atom is 0.119 e. The molecule has 14 heavy (non-hydrogen) atoms. The van der Waals surface area contributed by atoms with Crippen LogP contribution in [0.5, 0.6) is 0 Å². The molecule has 1 N–H and O–H groups in total. The van der Waals surface area contributed by atoms with Gasteiger partial charge in [-0.1, -0.05) is 27.5 Å². The molecule has 5 heteroatoms. The Morgan fingerprint density at radius 2 is 2.07 bits per heavy atom. The number of anilines is 1. The first-order valence-electron chi connectivity index (χ1n) is 4.12. The normalized spacial score (nSPS) is 12.9. The van der Waals surface area contributed by atoms with Gasteiger partial charge in [0.15, 0.2) is 0 Å². The molecule has 1 rings (SSSR count). The number of rotatable bonds is 3. The highest BCUT2D eigenvalue weighted by Crippen LogP contribution is 2.23. The van der Waals surface area contributed by atoms with Crippen molar-refractivity contribution >= 4 is 44.2 Å². The third kappa shape index (κ3) is 3.59. The minimum Gasteiger partial charge on any atom is -0.305 e. The van der Waals surface area contributed by atoms with Crippen LogP contribution < -0.4 is 4.72 Å². The van der Waals surface area contributed by atoms with E-state index in [1.165, 1.54) is 0 Å². The van der Waals surface area contributed by atoms with E-state index in [9.17, 15) is 4.21 Å². The fourth-order valence-electron chi connectivity index (χ4n) is 0.847. The predicted molar refractivity (Wildman–Crippen MR) is 66.1 cm³/mol. The van der Waals surface area contributed by atoms with Crippen LogP contribution in [0.15, 0.2) is 22.7 Å². The molecule has 1 aromatic carbocycles. The number of benzene rings is 1. The lowest BCUT2D eigenvalue weighted by molar-refractivity contribution is 0.680. The Labute approximate surface area is 99.8 Å². The molecule has 0 bridgehead atoms. The highest BCUT2D eigenvalue weighted by atomic mass is 79.9. The minimum absolute atomic E-state index is 0.0766. The van der Waals surface area contributed by atoms with Crippen LogP contribution >= 0.6 is 27.5 Å². The van der Waals surface area contributed by atoms with Crippen molar-refractivity contribution in [2.45, 2.75) is 19.1 Å². The van der Waals surface area contributed by atoms with E-state index in [-0.39, 0.29) is 5.25 Å². The van der Waals surface area contributed by atoms with Crippen molar-refractivity contribution in [2.24, 2.45) is 0 Å². The van der Waals surface area contributed by atoms with Crippen molar-refractivity contribution in [1.82, 2.24) is 0 Å². The van der Waals surface area contributed by atoms with Crippen LogP contribution in [0.3, 0.4) is 0 Å². The first-order chi connectivity index (χ1) is 6.49. The third-order valence-electron chi connectivity index (χ3n) is 1.51. The summed E-state index contributed by atoms with van der Waals surface area (Å²) in [5.41, 5.74) is 0.761. The zero-order chi connectivity index (χ0) is 10.7. The van der Waals surface area contributed by atoms with E-state index < -0.39 is 11.0 Å². The standard InChI is InChI=1S/C9H11BrClNOS/c1-6(2)14(13)12-9-4-7(10)3-8(11)5-9/h3-6,12H,1-2H3. The SMILES string of the molecule is CC(C)S(=O)Nc1cc(Cl)cc(Br)c1. The first kappa shape index (κ1) is 12.0. The van der Waals surface area contributed by atoms with Gasteiger partial charge >= 0.3 is 0 Å². The second-order valence-corrected chi connectivity index (χ2v) is 6.20. The van der Waals surface area contributed by atoms with E-state index in [2.05, 4.69) is 20.7 Å². The van der Waals surface area contributed by atoms with Crippen LogP contribution in [0.25, 0.3) is 0 Å². The third-order valence-corrected chi connectivity index (χ3v) is 3.48. The Hall–Kier alpha value is -0.0600. The molecule has 0 spiro atoms. The number of hydrogen-bond donors (Lipinski definition) is 1. The summed E-state index contributed by atoms with van der Waals surface area (Å²) in [5.74, 6) is 0. The molecule has 0 aliphatic rings. The molecule has 0 saturated carbocycles. The topological polar surface area (TPSA) is 29.1 Å². The second-order valence-electron chi connectivity index (χ2n) is 3.11. The smallest absolute Gasteiger partial charge is 0.119 e. The quantitative estimate of drug-likeness (QED) is 0.907. The molecule has 0 aliphatic heterocycles. The van der Waals surface area contributed by atoms with Crippen molar-refractivity contribution < 1.29 is 4.21 Å². The summed E-state index contributed by atoms with van der Waals surface area (Å²) in [4.78, 5) is 0. The molecule has 1 atom stereocenters. The van der Waals surface area contributed by atoms with E-state index >= 15 is 0 Å². The zero-order valence-electron chi connectivity index (χ0n) is 7.88. The highest BCUT2D eigenvalue weighted by molar-refractivity contribution is 9.10. The number of hydrogen-bond acceptors (Lipinski definition) is 1. The molecule has 1 aromatic rings. The van der Waals surface area contributed by atoms with Gasteiger partial charge in [0.1, 0.15) is 11.0 Å². The molecule has 0 saturated heterocycles. The Morgan fingerprint density at radius 1 is 1.43 bits per heavy atom. The summed E-state index contributed by atoms with van der Waals surface area (Å²) in [6.45, 7) is 3.78. The largest absolute Gasteiger partial charge is 0.305 e. The number of nitrogens with one attached hydrogen (secondary N) is 1. The van der Waals surface area contributed by atoms with Gasteiger partial charge in [0.25, 0.3) is 0 Å². The molecule has 0 heterocycles. The van der Waals surface area contributed by atoms with Gasteiger partial charge in [0.05, 0.1) is 0 Å². The Bertz CT molecular complexity index is 336. The van der Waals surface area contributed by atoms with Crippen LogP contribution in [-0.2, 0) is 11.0 Å². The molecular weight excluding hydrogens is 286 g/mol. The van der Waals surface area contributed by atoms with Gasteiger partial charge in [-0.05, 0) is 32.0 Å². The van der Waals surface area contributed by atoms with Crippen LogP contribution in [0.1, 0.15) is 13.8 Å². The molecule has 0 amide bonds. The van der Waals surface area contributed by atoms with Crippen molar-refractivity contribution in [3.8, 4) is 0 Å². The van der Waals surface area contributed by atoms with Crippen molar-refractivity contribution in [3.05, 3.63) is 27.7 Å². The lowest BCUT2D eigenvalue weighted by atomic mass is 10.3. The molecule has 0 aromatic heterocycles. The maximum atomic E-state index is 11.5. The van der Waals surface area contributed by atoms with E-state index in [0.717, 1.165) is 10.2 Å². The van der Waals surface area contributed by atoms with Gasteiger partial charge < -0.3 is 4.72 Å². The van der Waals surface area contributed by atoms with Gasteiger partial charge in [-0.2, -0.15) is 0 Å². The molecule has 0 radical (unpaired) electrons. The van der Waals surface area contributed by atoms with E-state index in [4.69, 9.17) is 11.6 Å². The zero-order valence-corrected chi connectivity index (χ0v) is 11.0. The molecular formula is C9H11BrClNOS. The summed E-state index contributed by atoms with van der Waals surface area (Å²) < 4.78 is 15.2. The van der Waals surface area contributed by atoms with Crippen molar-refractivity contribution in [3.63, 3.8) is 0 Å². The maximum absolute atomic E-state index is 11.5. The van der Waals surface area contributed by atoms with Gasteiger partial charge in [-0.15, -0.1) is 0 Å². The van der Waals surface area contributed by atoms with Gasteiger partial charge in [0.2, 0.25) is 0 Å². The second kappa shape index (κ2) is 5.14. The predicted octanol–water partition coefficient (Wildman–Crippen LogP) is 3.59. The molecule has 1 unspecified atom stereocenters. The van der Waals surface area contributed by atoms with Crippen LogP contribution in [0.2, 0.25) is 5.02 Å². The Kier molecular flexibility index (Phi) is 4.41. The molecule has 78 valence electrons. The monoisotopic (exact) mass is 295 g/mol. The Balaban J connectivity index is 2.82. The summed E-state index contributed by atoms with van der Waals surface area (Å²) in [6, 6.07) is 5.36. The lowest BCUT2D eigenvalue weighted by Crippen LogP contribution is -2.14. The summed E-state index contributed by atoms with van der Waals surface area (Å²) in [5, 5.41) is 0.690. The van der Waals surface area contributed by atoms with Crippen LogP contribution in [0.4, 0.5) is 5.69 Å². The van der Waals surface area contributed by atoms with Gasteiger partial charge in [-0.25, -0.2) is 4.21 Å². The summed E-state index contributed by atoms with van der Waals surface area (Å²) in [7, 11) is -1.07. The lowest BCUT2D eigenvalue weighted by Gasteiger charge is -2.09. The summed E-state index contributed by atoms with van der Waals surface area (Å²) >= 11 is 9.16. The molecule has 0 fully saturated rings. The van der Waals surface area contributed by atoms with Crippen LogP contribution in [-0.4, -0.2) is 9.46 Å².